The Balaban J connectivity index is 1.19. The molecule has 0 unspecified atom stereocenters. The minimum atomic E-state index is -0.607. The third kappa shape index (κ3) is 4.60. The van der Waals surface area contributed by atoms with Crippen molar-refractivity contribution in [3.8, 4) is 51.0 Å². The zero-order valence-electron chi connectivity index (χ0n) is 36.1. The molecule has 0 saturated carbocycles. The number of fused-ring (bicyclic) bond motifs is 6. The van der Waals surface area contributed by atoms with Crippen LogP contribution < -0.4 is 0 Å². The highest BCUT2D eigenvalue weighted by Crippen LogP contribution is 2.39. The Labute approximate surface area is 301 Å². The van der Waals surface area contributed by atoms with E-state index in [-0.39, 0.29) is 28.6 Å². The minimum absolute atomic E-state index is 0.00901. The van der Waals surface area contributed by atoms with Crippen molar-refractivity contribution < 1.29 is 18.1 Å². The zero-order chi connectivity index (χ0) is 41.7. The maximum absolute atomic E-state index is 8.68. The van der Waals surface area contributed by atoms with Crippen LogP contribution in [0, 0.1) is 0 Å². The number of para-hydroxylation sites is 2. The number of furan rings is 1. The Morgan fingerprint density at radius 3 is 1.84 bits per heavy atom. The second-order valence-corrected chi connectivity index (χ2v) is 11.7. The van der Waals surface area contributed by atoms with Gasteiger partial charge in [0.1, 0.15) is 11.2 Å². The van der Waals surface area contributed by atoms with Gasteiger partial charge >= 0.3 is 0 Å². The van der Waals surface area contributed by atoms with Gasteiger partial charge in [-0.3, -0.25) is 0 Å². The molecule has 0 bridgehead atoms. The summed E-state index contributed by atoms with van der Waals surface area (Å²) in [5, 5.41) is 3.70. The van der Waals surface area contributed by atoms with Gasteiger partial charge in [-0.1, -0.05) is 127 Å². The fourth-order valence-corrected chi connectivity index (χ4v) is 6.61. The molecule has 10 aromatic rings. The molecule has 50 heavy (non-hydrogen) atoms. The molecule has 0 aliphatic rings. The molecule has 10 rings (SSSR count). The van der Waals surface area contributed by atoms with Crippen LogP contribution in [-0.2, 0) is 0 Å². The first-order valence-corrected chi connectivity index (χ1v) is 15.9. The van der Waals surface area contributed by atoms with Crippen LogP contribution in [0.5, 0.6) is 0 Å². The second-order valence-electron chi connectivity index (χ2n) is 11.7. The molecule has 5 heteroatoms. The first-order valence-electron chi connectivity index (χ1n) is 20.9. The molecule has 0 radical (unpaired) electrons. The fraction of sp³-hybridized carbons (Fsp3) is 0. The molecule has 0 amide bonds. The Morgan fingerprint density at radius 1 is 0.460 bits per heavy atom. The number of aromatic nitrogens is 4. The topological polar surface area (TPSA) is 56.7 Å². The van der Waals surface area contributed by atoms with Crippen LogP contribution in [0.4, 0.5) is 0 Å². The summed E-state index contributed by atoms with van der Waals surface area (Å²) < 4.78 is 92.9. The summed E-state index contributed by atoms with van der Waals surface area (Å²) in [7, 11) is 0. The lowest BCUT2D eigenvalue weighted by molar-refractivity contribution is 0.669. The third-order valence-corrected chi connectivity index (χ3v) is 8.84. The van der Waals surface area contributed by atoms with Crippen molar-refractivity contribution in [1.29, 1.82) is 0 Å². The van der Waals surface area contributed by atoms with Gasteiger partial charge in [-0.25, -0.2) is 15.0 Å². The predicted molar refractivity (Wildman–Crippen MR) is 203 cm³/mol. The number of nitrogens with zero attached hydrogens (tertiary/aromatic N) is 4. The molecule has 3 heterocycles. The number of benzene rings is 7. The largest absolute Gasteiger partial charge is 0.455 e. The summed E-state index contributed by atoms with van der Waals surface area (Å²) >= 11 is 0. The summed E-state index contributed by atoms with van der Waals surface area (Å²) in [6.07, 6.45) is 0. The Kier molecular flexibility index (Phi) is 4.52. The molecule has 0 saturated heterocycles. The van der Waals surface area contributed by atoms with Gasteiger partial charge in [0, 0.05) is 55.6 Å². The highest BCUT2D eigenvalue weighted by atomic mass is 16.3. The van der Waals surface area contributed by atoms with Gasteiger partial charge in [0.2, 0.25) is 0 Å². The fourth-order valence-electron chi connectivity index (χ4n) is 6.61. The average Bonchev–Trinajstić information content (AvgIpc) is 3.81. The molecule has 0 spiro atoms. The smallest absolute Gasteiger partial charge is 0.164 e. The number of rotatable bonds is 5. The SMILES string of the molecule is [2H]c1c([2H])c([2H])c(-c2nc(-c3ccc4c(c3)c3ccccc3n4-c3ccc4c(c3)oc3c(-c5ccccc5)cccc34)nc(-c3c([2H])c([2H])c([2H])c([2H])c3[2H])n2)c([2H])c1[2H]. The van der Waals surface area contributed by atoms with E-state index in [4.69, 9.17) is 18.1 Å². The van der Waals surface area contributed by atoms with Crippen molar-refractivity contribution in [1.82, 2.24) is 19.5 Å². The van der Waals surface area contributed by atoms with E-state index in [9.17, 15) is 0 Å². The van der Waals surface area contributed by atoms with E-state index in [0.717, 1.165) is 60.6 Å². The van der Waals surface area contributed by atoms with Crippen LogP contribution in [0.3, 0.4) is 0 Å². The van der Waals surface area contributed by atoms with Crippen LogP contribution in [0.1, 0.15) is 13.7 Å². The Bertz CT molecular complexity index is 3310. The first-order chi connectivity index (χ1) is 28.9. The summed E-state index contributed by atoms with van der Waals surface area (Å²) in [5.74, 6) is -0.656. The van der Waals surface area contributed by atoms with E-state index in [1.165, 1.54) is 0 Å². The molecule has 0 atom stereocenters. The van der Waals surface area contributed by atoms with Crippen molar-refractivity contribution in [3.05, 3.63) is 170 Å². The lowest BCUT2D eigenvalue weighted by atomic mass is 10.0. The average molecular weight is 651 g/mol. The molecule has 0 aliphatic carbocycles. The molecule has 7 aromatic carbocycles. The van der Waals surface area contributed by atoms with Gasteiger partial charge in [0.15, 0.2) is 17.5 Å². The Hall–Kier alpha value is -6.85. The van der Waals surface area contributed by atoms with Crippen molar-refractivity contribution in [2.75, 3.05) is 0 Å². The van der Waals surface area contributed by atoms with Crippen LogP contribution in [0.15, 0.2) is 174 Å². The lowest BCUT2D eigenvalue weighted by Gasteiger charge is -2.10. The number of hydrogen-bond acceptors (Lipinski definition) is 4. The van der Waals surface area contributed by atoms with Gasteiger partial charge in [0.25, 0.3) is 0 Å². The second kappa shape index (κ2) is 11.4. The predicted octanol–water partition coefficient (Wildman–Crippen LogP) is 11.5. The van der Waals surface area contributed by atoms with E-state index in [0.29, 0.717) is 5.56 Å². The summed E-state index contributed by atoms with van der Waals surface area (Å²) in [5.41, 5.74) is 5.96. The quantitative estimate of drug-likeness (QED) is 0.186. The van der Waals surface area contributed by atoms with Gasteiger partial charge in [0.05, 0.1) is 24.7 Å². The van der Waals surface area contributed by atoms with Crippen LogP contribution in [0.2, 0.25) is 0 Å². The monoisotopic (exact) mass is 650 g/mol. The van der Waals surface area contributed by atoms with Gasteiger partial charge < -0.3 is 8.98 Å². The summed E-state index contributed by atoms with van der Waals surface area (Å²) in [6.45, 7) is 0. The van der Waals surface area contributed by atoms with Gasteiger partial charge in [-0.2, -0.15) is 0 Å². The number of hydrogen-bond donors (Lipinski definition) is 0. The van der Waals surface area contributed by atoms with E-state index >= 15 is 0 Å². The first kappa shape index (κ1) is 19.8. The van der Waals surface area contributed by atoms with Gasteiger partial charge in [-0.15, -0.1) is 0 Å². The molecular weight excluding hydrogens is 613 g/mol. The van der Waals surface area contributed by atoms with Crippen molar-refractivity contribution >= 4 is 43.7 Å². The maximum Gasteiger partial charge on any atom is 0.164 e. The molecule has 0 N–H and O–H groups in total. The molecule has 0 fully saturated rings. The van der Waals surface area contributed by atoms with Crippen molar-refractivity contribution in [3.63, 3.8) is 0 Å². The highest BCUT2D eigenvalue weighted by Gasteiger charge is 2.18. The van der Waals surface area contributed by atoms with E-state index in [2.05, 4.69) is 55.9 Å². The molecule has 234 valence electrons. The van der Waals surface area contributed by atoms with Crippen molar-refractivity contribution in [2.45, 2.75) is 0 Å². The van der Waals surface area contributed by atoms with Crippen LogP contribution in [-0.4, -0.2) is 19.5 Å². The van der Waals surface area contributed by atoms with Gasteiger partial charge in [-0.05, 0) is 42.0 Å². The molecule has 5 nitrogen and oxygen atoms in total. The summed E-state index contributed by atoms with van der Waals surface area (Å²) in [6, 6.07) is 29.9. The molecule has 0 aliphatic heterocycles. The standard InChI is InChI=1S/C45H28N4O/c1-4-13-29(14-5-1)34-20-12-21-37-36-25-24-33(28-41(36)50-42(34)37)49-39-22-11-10-19-35(39)38-27-32(23-26-40(38)49)45-47-43(30-15-6-2-7-16-30)46-44(48-45)31-17-8-3-9-18-31/h1-28H/i2D,3D,6D,7D,8D,9D,15D,16D,17D,18D. The minimum Gasteiger partial charge on any atom is -0.455 e. The van der Waals surface area contributed by atoms with Crippen LogP contribution in [0.25, 0.3) is 94.7 Å². The normalized spacial score (nSPS) is 14.4. The molecular formula is C45H28N4O. The highest BCUT2D eigenvalue weighted by molar-refractivity contribution is 6.12. The van der Waals surface area contributed by atoms with E-state index < -0.39 is 60.4 Å². The van der Waals surface area contributed by atoms with E-state index in [1.807, 2.05) is 66.7 Å². The van der Waals surface area contributed by atoms with E-state index in [1.54, 1.807) is 6.07 Å². The molecule has 3 aromatic heterocycles. The third-order valence-electron chi connectivity index (χ3n) is 8.84. The summed E-state index contributed by atoms with van der Waals surface area (Å²) in [4.78, 5) is 13.7. The Morgan fingerprint density at radius 2 is 1.10 bits per heavy atom. The zero-order valence-corrected chi connectivity index (χ0v) is 26.1. The lowest BCUT2D eigenvalue weighted by Crippen LogP contribution is -2.00. The van der Waals surface area contributed by atoms with Crippen LogP contribution >= 0.6 is 0 Å². The maximum atomic E-state index is 8.68. The van der Waals surface area contributed by atoms with Crippen molar-refractivity contribution in [2.24, 2.45) is 0 Å².